The molecule has 0 fully saturated rings. The van der Waals surface area contributed by atoms with Gasteiger partial charge in [0.2, 0.25) is 10.0 Å². The lowest BCUT2D eigenvalue weighted by Crippen LogP contribution is -2.37. The number of thiazole rings is 1. The van der Waals surface area contributed by atoms with Crippen LogP contribution in [0.25, 0.3) is 0 Å². The standard InChI is InChI=1S/C20H31N5O2S2.HI/c1-5-18-13-23-19(28-18)10-11-22-20(21-4)24-12-16-6-8-17(9-7-16)14-29(26,27)25-15(2)3;/h6-9,13,15,25H,5,10-12,14H2,1-4H3,(H2,21,22,24);1H. The van der Waals surface area contributed by atoms with Crippen LogP contribution in [0.4, 0.5) is 0 Å². The van der Waals surface area contributed by atoms with Crippen LogP contribution in [-0.4, -0.2) is 39.0 Å². The van der Waals surface area contributed by atoms with Gasteiger partial charge in [0, 0.05) is 43.7 Å². The van der Waals surface area contributed by atoms with Gasteiger partial charge in [0.25, 0.3) is 0 Å². The van der Waals surface area contributed by atoms with Gasteiger partial charge in [-0.25, -0.2) is 18.1 Å². The maximum absolute atomic E-state index is 12.0. The molecule has 0 atom stereocenters. The molecule has 1 heterocycles. The molecule has 0 aliphatic rings. The van der Waals surface area contributed by atoms with Gasteiger partial charge in [-0.15, -0.1) is 35.3 Å². The van der Waals surface area contributed by atoms with Crippen molar-refractivity contribution in [1.82, 2.24) is 20.3 Å². The van der Waals surface area contributed by atoms with Crippen molar-refractivity contribution in [2.24, 2.45) is 4.99 Å². The van der Waals surface area contributed by atoms with E-state index in [1.807, 2.05) is 44.3 Å². The van der Waals surface area contributed by atoms with Crippen LogP contribution in [0.15, 0.2) is 35.5 Å². The zero-order valence-corrected chi connectivity index (χ0v) is 21.9. The fourth-order valence-corrected chi connectivity index (χ4v) is 4.99. The van der Waals surface area contributed by atoms with Crippen LogP contribution in [0.1, 0.15) is 41.8 Å². The lowest BCUT2D eigenvalue weighted by Gasteiger charge is -2.12. The van der Waals surface area contributed by atoms with E-state index in [0.29, 0.717) is 6.54 Å². The largest absolute Gasteiger partial charge is 0.356 e. The van der Waals surface area contributed by atoms with E-state index < -0.39 is 10.0 Å². The second kappa shape index (κ2) is 13.2. The smallest absolute Gasteiger partial charge is 0.216 e. The van der Waals surface area contributed by atoms with Crippen LogP contribution in [0.3, 0.4) is 0 Å². The molecular weight excluding hydrogens is 533 g/mol. The summed E-state index contributed by atoms with van der Waals surface area (Å²) >= 11 is 1.75. The predicted molar refractivity (Wildman–Crippen MR) is 136 cm³/mol. The summed E-state index contributed by atoms with van der Waals surface area (Å²) in [5, 5.41) is 7.69. The first-order chi connectivity index (χ1) is 13.8. The summed E-state index contributed by atoms with van der Waals surface area (Å²) in [6.45, 7) is 7.12. The van der Waals surface area contributed by atoms with Gasteiger partial charge in [0.05, 0.1) is 10.8 Å². The number of halogens is 1. The molecular formula is C20H32IN5O2S2. The highest BCUT2D eigenvalue weighted by atomic mass is 127. The highest BCUT2D eigenvalue weighted by Gasteiger charge is 2.12. The number of benzene rings is 1. The maximum atomic E-state index is 12.0. The molecule has 0 saturated heterocycles. The van der Waals surface area contributed by atoms with E-state index in [9.17, 15) is 8.42 Å². The summed E-state index contributed by atoms with van der Waals surface area (Å²) in [4.78, 5) is 9.97. The third-order valence-corrected chi connectivity index (χ3v) is 6.81. The van der Waals surface area contributed by atoms with Crippen molar-refractivity contribution in [3.8, 4) is 0 Å². The Balaban J connectivity index is 0.00000450. The topological polar surface area (TPSA) is 95.5 Å². The van der Waals surface area contributed by atoms with E-state index in [1.54, 1.807) is 18.4 Å². The second-order valence-electron chi connectivity index (χ2n) is 7.02. The van der Waals surface area contributed by atoms with Gasteiger partial charge in [0.15, 0.2) is 5.96 Å². The fourth-order valence-electron chi connectivity index (χ4n) is 2.69. The Hall–Kier alpha value is -1.24. The normalized spacial score (nSPS) is 12.0. The van der Waals surface area contributed by atoms with Crippen LogP contribution in [0.5, 0.6) is 0 Å². The molecule has 1 aromatic carbocycles. The molecule has 2 aromatic rings. The van der Waals surface area contributed by atoms with Crippen LogP contribution < -0.4 is 15.4 Å². The number of guanidine groups is 1. The summed E-state index contributed by atoms with van der Waals surface area (Å²) in [6, 6.07) is 7.46. The number of sulfonamides is 1. The Bertz CT molecular complexity index is 896. The Morgan fingerprint density at radius 2 is 1.83 bits per heavy atom. The Labute approximate surface area is 201 Å². The zero-order chi connectivity index (χ0) is 21.3. The van der Waals surface area contributed by atoms with Crippen molar-refractivity contribution in [3.63, 3.8) is 0 Å². The van der Waals surface area contributed by atoms with E-state index in [1.165, 1.54) is 4.88 Å². The Kier molecular flexibility index (Phi) is 11.8. The second-order valence-corrected chi connectivity index (χ2v) is 9.98. The maximum Gasteiger partial charge on any atom is 0.216 e. The summed E-state index contributed by atoms with van der Waals surface area (Å²) in [7, 11) is -1.57. The van der Waals surface area contributed by atoms with Gasteiger partial charge in [-0.3, -0.25) is 4.99 Å². The Morgan fingerprint density at radius 1 is 1.17 bits per heavy atom. The van der Waals surface area contributed by atoms with E-state index in [2.05, 4.69) is 32.3 Å². The van der Waals surface area contributed by atoms with Gasteiger partial charge in [-0.1, -0.05) is 31.2 Å². The third-order valence-electron chi connectivity index (χ3n) is 4.06. The zero-order valence-electron chi connectivity index (χ0n) is 17.9. The van der Waals surface area contributed by atoms with Crippen LogP contribution in [0.2, 0.25) is 0 Å². The number of aryl methyl sites for hydroxylation is 1. The first-order valence-corrected chi connectivity index (χ1v) is 12.2. The van der Waals surface area contributed by atoms with Gasteiger partial charge in [-0.05, 0) is 31.4 Å². The van der Waals surface area contributed by atoms with Crippen molar-refractivity contribution in [2.45, 2.75) is 52.0 Å². The minimum atomic E-state index is -3.31. The number of hydrogen-bond acceptors (Lipinski definition) is 5. The van der Waals surface area contributed by atoms with Gasteiger partial charge in [-0.2, -0.15) is 0 Å². The van der Waals surface area contributed by atoms with Gasteiger partial charge < -0.3 is 10.6 Å². The number of aliphatic imine (C=N–C) groups is 1. The highest BCUT2D eigenvalue weighted by molar-refractivity contribution is 14.0. The molecule has 0 unspecified atom stereocenters. The number of rotatable bonds is 10. The quantitative estimate of drug-likeness (QED) is 0.234. The molecule has 0 amide bonds. The molecule has 0 saturated carbocycles. The van der Waals surface area contributed by atoms with Crippen LogP contribution >= 0.6 is 35.3 Å². The summed E-state index contributed by atoms with van der Waals surface area (Å²) in [5.74, 6) is 0.712. The fraction of sp³-hybridized carbons (Fsp3) is 0.500. The third kappa shape index (κ3) is 9.71. The lowest BCUT2D eigenvalue weighted by molar-refractivity contribution is 0.569. The average Bonchev–Trinajstić information content (AvgIpc) is 3.12. The summed E-state index contributed by atoms with van der Waals surface area (Å²) in [5.41, 5.74) is 1.82. The number of aromatic nitrogens is 1. The molecule has 0 radical (unpaired) electrons. The van der Waals surface area contributed by atoms with Crippen LogP contribution in [-0.2, 0) is 35.2 Å². The number of hydrogen-bond donors (Lipinski definition) is 3. The molecule has 168 valence electrons. The molecule has 10 heteroatoms. The molecule has 30 heavy (non-hydrogen) atoms. The lowest BCUT2D eigenvalue weighted by atomic mass is 10.1. The highest BCUT2D eigenvalue weighted by Crippen LogP contribution is 2.13. The van der Waals surface area contributed by atoms with Gasteiger partial charge in [0.1, 0.15) is 0 Å². The van der Waals surface area contributed by atoms with Gasteiger partial charge >= 0.3 is 0 Å². The minimum Gasteiger partial charge on any atom is -0.356 e. The van der Waals surface area contributed by atoms with Crippen LogP contribution in [0, 0.1) is 0 Å². The molecule has 0 aliphatic carbocycles. The monoisotopic (exact) mass is 565 g/mol. The number of nitrogens with zero attached hydrogens (tertiary/aromatic N) is 2. The SMILES string of the molecule is CCc1cnc(CCNC(=NC)NCc2ccc(CS(=O)(=O)NC(C)C)cc2)s1.I. The van der Waals surface area contributed by atoms with Crippen molar-refractivity contribution in [1.29, 1.82) is 0 Å². The summed E-state index contributed by atoms with van der Waals surface area (Å²) < 4.78 is 26.6. The molecule has 0 aliphatic heterocycles. The molecule has 0 spiro atoms. The molecule has 7 nitrogen and oxygen atoms in total. The number of nitrogens with one attached hydrogen (secondary N) is 3. The van der Waals surface area contributed by atoms with Crippen molar-refractivity contribution in [3.05, 3.63) is 51.5 Å². The molecule has 0 bridgehead atoms. The average molecular weight is 566 g/mol. The Morgan fingerprint density at radius 3 is 2.40 bits per heavy atom. The minimum absolute atomic E-state index is 0. The van der Waals surface area contributed by atoms with E-state index >= 15 is 0 Å². The first kappa shape index (κ1) is 26.8. The summed E-state index contributed by atoms with van der Waals surface area (Å²) in [6.07, 6.45) is 3.83. The van der Waals surface area contributed by atoms with Crippen molar-refractivity contribution < 1.29 is 8.42 Å². The predicted octanol–water partition coefficient (Wildman–Crippen LogP) is 3.06. The molecule has 3 N–H and O–H groups in total. The first-order valence-electron chi connectivity index (χ1n) is 9.77. The van der Waals surface area contributed by atoms with E-state index in [4.69, 9.17) is 0 Å². The van der Waals surface area contributed by atoms with E-state index in [0.717, 1.165) is 41.5 Å². The van der Waals surface area contributed by atoms with Crippen molar-refractivity contribution in [2.75, 3.05) is 13.6 Å². The molecule has 2 rings (SSSR count). The van der Waals surface area contributed by atoms with Crippen molar-refractivity contribution >= 4 is 51.3 Å². The van der Waals surface area contributed by atoms with E-state index in [-0.39, 0.29) is 35.8 Å². The molecule has 1 aromatic heterocycles.